The number of carbonyl (C=O) groups is 1. The average Bonchev–Trinajstić information content (AvgIpc) is 2.86. The molecule has 0 aromatic rings. The third-order valence-electron chi connectivity index (χ3n) is 10.4. The van der Waals surface area contributed by atoms with Gasteiger partial charge in [0, 0.05) is 5.92 Å². The summed E-state index contributed by atoms with van der Waals surface area (Å²) in [5, 5.41) is 0. The third kappa shape index (κ3) is 2.31. The molecule has 2 unspecified atom stereocenters. The van der Waals surface area contributed by atoms with E-state index in [9.17, 15) is 4.79 Å². The Hall–Kier alpha value is -0.265. The van der Waals surface area contributed by atoms with Gasteiger partial charge < -0.3 is 4.79 Å². The molecule has 0 heterocycles. The van der Waals surface area contributed by atoms with Crippen LogP contribution in [-0.4, -0.2) is 13.6 Å². The molecule has 1 nitrogen and oxygen atoms in total. The van der Waals surface area contributed by atoms with Crippen molar-refractivity contribution in [2.45, 2.75) is 91.8 Å². The van der Waals surface area contributed by atoms with Crippen molar-refractivity contribution in [3.8, 4) is 0 Å². The Kier molecular flexibility index (Phi) is 4.25. The molecule has 0 spiro atoms. The van der Waals surface area contributed by atoms with Gasteiger partial charge in [0.05, 0.1) is 7.85 Å². The monoisotopic (exact) mass is 340 g/mol. The molecule has 0 aromatic heterocycles. The van der Waals surface area contributed by atoms with E-state index in [2.05, 4.69) is 27.7 Å². The summed E-state index contributed by atoms with van der Waals surface area (Å²) in [6, 6.07) is 0. The highest BCUT2D eigenvalue weighted by molar-refractivity contribution is 6.20. The van der Waals surface area contributed by atoms with Crippen LogP contribution in [0.5, 0.6) is 0 Å². The van der Waals surface area contributed by atoms with Crippen LogP contribution in [0.25, 0.3) is 0 Å². The molecule has 0 N–H and O–H groups in total. The van der Waals surface area contributed by atoms with E-state index in [1.54, 1.807) is 0 Å². The average molecular weight is 340 g/mol. The number of carbonyl (C=O) groups excluding carboxylic acids is 1. The van der Waals surface area contributed by atoms with E-state index in [0.717, 1.165) is 30.1 Å². The number of fused-ring (bicyclic) bond motifs is 5. The van der Waals surface area contributed by atoms with Gasteiger partial charge in [-0.25, -0.2) is 0 Å². The lowest BCUT2D eigenvalue weighted by atomic mass is 9.40. The molecule has 0 aliphatic heterocycles. The van der Waals surface area contributed by atoms with Crippen molar-refractivity contribution >= 4 is 13.6 Å². The smallest absolute Gasteiger partial charge is 0.128 e. The zero-order valence-corrected chi connectivity index (χ0v) is 16.9. The minimum atomic E-state index is 0.190. The maximum Gasteiger partial charge on any atom is 0.128 e. The van der Waals surface area contributed by atoms with Gasteiger partial charge in [-0.2, -0.15) is 0 Å². The fraction of sp³-hybridized carbons (Fsp3) is 0.957. The van der Waals surface area contributed by atoms with E-state index in [1.807, 2.05) is 0 Å². The van der Waals surface area contributed by atoms with Gasteiger partial charge in [0.2, 0.25) is 0 Å². The third-order valence-corrected chi connectivity index (χ3v) is 10.4. The van der Waals surface area contributed by atoms with Gasteiger partial charge in [0.25, 0.3) is 0 Å². The normalized spacial score (nSPS) is 55.1. The van der Waals surface area contributed by atoms with Gasteiger partial charge in [0.1, 0.15) is 5.78 Å². The maximum atomic E-state index is 12.6. The van der Waals surface area contributed by atoms with E-state index < -0.39 is 0 Å². The topological polar surface area (TPSA) is 17.1 Å². The SMILES string of the molecule is [B]CC(=O)[C@H]1CC[C@@]2(C)[C@@H]3CCC4C[C@@H](C)CC[C@]4(C)C3CC[C@]12C. The van der Waals surface area contributed by atoms with Gasteiger partial charge >= 0.3 is 0 Å². The van der Waals surface area contributed by atoms with Crippen LogP contribution in [0.3, 0.4) is 0 Å². The standard InChI is InChI=1S/C23H37BO/c1-15-7-10-21(2)16(13-15)5-6-18-17(21)8-11-23(4)19(20(25)14-24)9-12-22(18,23)3/h15-19H,5-14H2,1-4H3/t15-,16?,17?,18+,19+,21-,22-,23+/m0/s1. The van der Waals surface area contributed by atoms with E-state index in [0.29, 0.717) is 16.6 Å². The molecule has 2 heteroatoms. The largest absolute Gasteiger partial charge is 0.300 e. The molecule has 4 saturated carbocycles. The molecule has 0 bridgehead atoms. The van der Waals surface area contributed by atoms with Crippen LogP contribution < -0.4 is 0 Å². The summed E-state index contributed by atoms with van der Waals surface area (Å²) in [6.07, 6.45) is 12.4. The Morgan fingerprint density at radius 3 is 2.36 bits per heavy atom. The summed E-state index contributed by atoms with van der Waals surface area (Å²) in [4.78, 5) is 12.6. The zero-order valence-electron chi connectivity index (χ0n) is 16.9. The second-order valence-corrected chi connectivity index (χ2v) is 11.0. The Bertz CT molecular complexity index is 558. The Morgan fingerprint density at radius 1 is 0.920 bits per heavy atom. The van der Waals surface area contributed by atoms with Crippen molar-refractivity contribution in [2.24, 2.45) is 45.8 Å². The Morgan fingerprint density at radius 2 is 1.64 bits per heavy atom. The van der Waals surface area contributed by atoms with Crippen LogP contribution in [0.15, 0.2) is 0 Å². The van der Waals surface area contributed by atoms with Gasteiger partial charge in [-0.3, -0.25) is 0 Å². The molecule has 4 aliphatic rings. The quantitative estimate of drug-likeness (QED) is 0.578. The van der Waals surface area contributed by atoms with Gasteiger partial charge in [-0.1, -0.05) is 34.1 Å². The van der Waals surface area contributed by atoms with Crippen LogP contribution >= 0.6 is 0 Å². The van der Waals surface area contributed by atoms with E-state index >= 15 is 0 Å². The predicted molar refractivity (Wildman–Crippen MR) is 105 cm³/mol. The van der Waals surface area contributed by atoms with Gasteiger partial charge in [-0.15, -0.1) is 0 Å². The number of hydrogen-bond donors (Lipinski definition) is 0. The maximum absolute atomic E-state index is 12.6. The molecule has 0 aromatic carbocycles. The molecule has 25 heavy (non-hydrogen) atoms. The molecule has 4 aliphatic carbocycles. The van der Waals surface area contributed by atoms with Crippen LogP contribution in [0.1, 0.15) is 85.5 Å². The van der Waals surface area contributed by atoms with E-state index in [-0.39, 0.29) is 17.7 Å². The number of ketones is 1. The molecular weight excluding hydrogens is 303 g/mol. The van der Waals surface area contributed by atoms with Crippen LogP contribution in [0.4, 0.5) is 0 Å². The highest BCUT2D eigenvalue weighted by Gasteiger charge is 2.66. The highest BCUT2D eigenvalue weighted by Crippen LogP contribution is 2.72. The fourth-order valence-electron chi connectivity index (χ4n) is 8.53. The lowest BCUT2D eigenvalue weighted by Gasteiger charge is -2.64. The summed E-state index contributed by atoms with van der Waals surface area (Å²) in [6.45, 7) is 10.1. The summed E-state index contributed by atoms with van der Waals surface area (Å²) in [7, 11) is 5.78. The lowest BCUT2D eigenvalue weighted by Crippen LogP contribution is -2.57. The predicted octanol–water partition coefficient (Wildman–Crippen LogP) is 5.83. The van der Waals surface area contributed by atoms with Crippen molar-refractivity contribution in [3.05, 3.63) is 0 Å². The molecule has 4 fully saturated rings. The lowest BCUT2D eigenvalue weighted by molar-refractivity contribution is -0.161. The molecular formula is C23H37BO. The number of hydrogen-bond acceptors (Lipinski definition) is 1. The van der Waals surface area contributed by atoms with E-state index in [1.165, 1.54) is 51.4 Å². The first-order valence-electron chi connectivity index (χ1n) is 11.0. The van der Waals surface area contributed by atoms with Crippen molar-refractivity contribution in [3.63, 3.8) is 0 Å². The second kappa shape index (κ2) is 5.87. The second-order valence-electron chi connectivity index (χ2n) is 11.0. The first-order valence-corrected chi connectivity index (χ1v) is 11.0. The van der Waals surface area contributed by atoms with Crippen LogP contribution in [0.2, 0.25) is 6.32 Å². The van der Waals surface area contributed by atoms with Crippen molar-refractivity contribution in [2.75, 3.05) is 0 Å². The van der Waals surface area contributed by atoms with E-state index in [4.69, 9.17) is 7.85 Å². The minimum absolute atomic E-state index is 0.190. The summed E-state index contributed by atoms with van der Waals surface area (Å²) < 4.78 is 0. The minimum Gasteiger partial charge on any atom is -0.300 e. The molecule has 8 atom stereocenters. The molecule has 0 amide bonds. The van der Waals surface area contributed by atoms with Crippen LogP contribution in [-0.2, 0) is 4.79 Å². The Labute approximate surface area is 156 Å². The highest BCUT2D eigenvalue weighted by atomic mass is 16.1. The first-order chi connectivity index (χ1) is 11.8. The van der Waals surface area contributed by atoms with Crippen molar-refractivity contribution < 1.29 is 4.79 Å². The van der Waals surface area contributed by atoms with Crippen molar-refractivity contribution in [1.82, 2.24) is 0 Å². The molecule has 2 radical (unpaired) electrons. The number of rotatable bonds is 2. The fourth-order valence-corrected chi connectivity index (χ4v) is 8.53. The summed E-state index contributed by atoms with van der Waals surface area (Å²) in [5.41, 5.74) is 1.11. The van der Waals surface area contributed by atoms with Crippen LogP contribution in [0, 0.1) is 45.8 Å². The summed E-state index contributed by atoms with van der Waals surface area (Å²) >= 11 is 0. The van der Waals surface area contributed by atoms with Crippen molar-refractivity contribution in [1.29, 1.82) is 0 Å². The first kappa shape index (κ1) is 18.1. The molecule has 0 saturated heterocycles. The van der Waals surface area contributed by atoms with Gasteiger partial charge in [-0.05, 0) is 97.6 Å². The number of Topliss-reactive ketones (excluding diaryl/α,β-unsaturated/α-hetero) is 1. The Balaban J connectivity index is 1.66. The zero-order chi connectivity index (χ0) is 18.0. The van der Waals surface area contributed by atoms with Gasteiger partial charge in [0.15, 0.2) is 0 Å². The molecule has 4 rings (SSSR count). The molecule has 138 valence electrons. The summed E-state index contributed by atoms with van der Waals surface area (Å²) in [5.74, 6) is 4.15.